The molecule has 1 fully saturated rings. The molecule has 108 valence electrons. The molecule has 2 rings (SSSR count). The first kappa shape index (κ1) is 15.3. The van der Waals surface area contributed by atoms with E-state index < -0.39 is 10.0 Å². The summed E-state index contributed by atoms with van der Waals surface area (Å²) >= 11 is 6.04. The fraction of sp³-hybridized carbons (Fsp3) is 0.500. The number of halogens is 1. The standard InChI is InChI=1S/C14H17ClN2O2S/c1-10(2)17(9-11-3-4-11)20(18,19)14-6-5-12(8-16)7-13(14)15/h5-7,10-11H,3-4,9H2,1-2H3. The summed E-state index contributed by atoms with van der Waals surface area (Å²) in [5.74, 6) is 0.462. The van der Waals surface area contributed by atoms with E-state index in [1.54, 1.807) is 0 Å². The van der Waals surface area contributed by atoms with E-state index in [1.807, 2.05) is 19.9 Å². The summed E-state index contributed by atoms with van der Waals surface area (Å²) in [5.41, 5.74) is 0.354. The van der Waals surface area contributed by atoms with Crippen LogP contribution in [0, 0.1) is 17.2 Å². The van der Waals surface area contributed by atoms with Gasteiger partial charge in [0.25, 0.3) is 0 Å². The van der Waals surface area contributed by atoms with Gasteiger partial charge < -0.3 is 0 Å². The van der Waals surface area contributed by atoms with Crippen molar-refractivity contribution in [2.45, 2.75) is 37.6 Å². The van der Waals surface area contributed by atoms with Crippen molar-refractivity contribution in [3.05, 3.63) is 28.8 Å². The van der Waals surface area contributed by atoms with E-state index >= 15 is 0 Å². The third-order valence-corrected chi connectivity index (χ3v) is 5.88. The third-order valence-electron chi connectivity index (χ3n) is 3.36. The Kier molecular flexibility index (Phi) is 4.38. The number of hydrogen-bond donors (Lipinski definition) is 0. The van der Waals surface area contributed by atoms with Crippen LogP contribution in [0.3, 0.4) is 0 Å². The second-order valence-electron chi connectivity index (χ2n) is 5.37. The zero-order valence-electron chi connectivity index (χ0n) is 11.5. The predicted molar refractivity (Wildman–Crippen MR) is 77.9 cm³/mol. The molecule has 0 N–H and O–H groups in total. The topological polar surface area (TPSA) is 61.2 Å². The Bertz CT molecular complexity index is 646. The molecule has 0 unspecified atom stereocenters. The van der Waals surface area contributed by atoms with Crippen LogP contribution >= 0.6 is 11.6 Å². The lowest BCUT2D eigenvalue weighted by Crippen LogP contribution is -2.38. The number of nitrogens with zero attached hydrogens (tertiary/aromatic N) is 2. The molecule has 20 heavy (non-hydrogen) atoms. The van der Waals surface area contributed by atoms with Crippen molar-refractivity contribution in [3.63, 3.8) is 0 Å². The highest BCUT2D eigenvalue weighted by atomic mass is 35.5. The summed E-state index contributed by atoms with van der Waals surface area (Å²) in [6.45, 7) is 4.26. The van der Waals surface area contributed by atoms with E-state index in [-0.39, 0.29) is 16.0 Å². The van der Waals surface area contributed by atoms with Gasteiger partial charge in [0.1, 0.15) is 4.90 Å². The normalized spacial score (nSPS) is 15.6. The van der Waals surface area contributed by atoms with Gasteiger partial charge in [0, 0.05) is 12.6 Å². The van der Waals surface area contributed by atoms with Gasteiger partial charge in [-0.1, -0.05) is 11.6 Å². The van der Waals surface area contributed by atoms with Gasteiger partial charge in [-0.3, -0.25) is 0 Å². The first-order valence-corrected chi connectivity index (χ1v) is 8.39. The van der Waals surface area contributed by atoms with Crippen LogP contribution in [0.1, 0.15) is 32.3 Å². The maximum absolute atomic E-state index is 12.7. The molecule has 0 atom stereocenters. The zero-order valence-corrected chi connectivity index (χ0v) is 13.1. The first-order chi connectivity index (χ1) is 9.36. The zero-order chi connectivity index (χ0) is 14.9. The predicted octanol–water partition coefficient (Wildman–Crippen LogP) is 3.02. The molecule has 1 aromatic rings. The Hall–Kier alpha value is -1.09. The maximum Gasteiger partial charge on any atom is 0.244 e. The highest BCUT2D eigenvalue weighted by molar-refractivity contribution is 7.89. The summed E-state index contributed by atoms with van der Waals surface area (Å²) in [7, 11) is -3.62. The number of rotatable bonds is 5. The minimum absolute atomic E-state index is 0.0764. The molecule has 0 heterocycles. The van der Waals surface area contributed by atoms with Crippen LogP contribution in [-0.4, -0.2) is 25.3 Å². The van der Waals surface area contributed by atoms with Crippen LogP contribution in [0.25, 0.3) is 0 Å². The molecule has 6 heteroatoms. The molecule has 1 saturated carbocycles. The van der Waals surface area contributed by atoms with Gasteiger partial charge in [0.2, 0.25) is 10.0 Å². The van der Waals surface area contributed by atoms with Crippen LogP contribution in [-0.2, 0) is 10.0 Å². The van der Waals surface area contributed by atoms with Gasteiger partial charge in [-0.05, 0) is 50.8 Å². The van der Waals surface area contributed by atoms with Crippen molar-refractivity contribution in [1.29, 1.82) is 5.26 Å². The van der Waals surface area contributed by atoms with Gasteiger partial charge in [-0.2, -0.15) is 9.57 Å². The summed E-state index contributed by atoms with van der Waals surface area (Å²) in [6, 6.07) is 6.12. The Labute approximate surface area is 125 Å². The SMILES string of the molecule is CC(C)N(CC1CC1)S(=O)(=O)c1ccc(C#N)cc1Cl. The molecule has 4 nitrogen and oxygen atoms in total. The summed E-state index contributed by atoms with van der Waals surface area (Å²) in [4.78, 5) is 0.0764. The molecule has 0 saturated heterocycles. The first-order valence-electron chi connectivity index (χ1n) is 6.57. The Morgan fingerprint density at radius 3 is 2.55 bits per heavy atom. The molecule has 0 radical (unpaired) electrons. The van der Waals surface area contributed by atoms with Crippen molar-refractivity contribution in [3.8, 4) is 6.07 Å². The maximum atomic E-state index is 12.7. The van der Waals surface area contributed by atoms with Crippen LogP contribution in [0.4, 0.5) is 0 Å². The monoisotopic (exact) mass is 312 g/mol. The molecule has 0 spiro atoms. The quantitative estimate of drug-likeness (QED) is 0.839. The van der Waals surface area contributed by atoms with Crippen molar-refractivity contribution in [1.82, 2.24) is 4.31 Å². The average molecular weight is 313 g/mol. The molecule has 0 aromatic heterocycles. The smallest absolute Gasteiger partial charge is 0.207 e. The van der Waals surface area contributed by atoms with Gasteiger partial charge in [0.05, 0.1) is 16.7 Å². The van der Waals surface area contributed by atoms with E-state index in [9.17, 15) is 8.42 Å². The summed E-state index contributed by atoms with van der Waals surface area (Å²) in [5, 5.41) is 8.91. The largest absolute Gasteiger partial charge is 0.244 e. The van der Waals surface area contributed by atoms with E-state index in [4.69, 9.17) is 16.9 Å². The Morgan fingerprint density at radius 2 is 2.10 bits per heavy atom. The lowest BCUT2D eigenvalue weighted by Gasteiger charge is -2.26. The van der Waals surface area contributed by atoms with Crippen LogP contribution in [0.15, 0.2) is 23.1 Å². The molecule has 0 aliphatic heterocycles. The summed E-state index contributed by atoms with van der Waals surface area (Å²) < 4.78 is 26.9. The highest BCUT2D eigenvalue weighted by Crippen LogP contribution is 2.34. The second-order valence-corrected chi connectivity index (χ2v) is 7.64. The Balaban J connectivity index is 2.39. The van der Waals surface area contributed by atoms with Gasteiger partial charge in [-0.25, -0.2) is 8.42 Å². The molecule has 1 aromatic carbocycles. The molecule has 1 aliphatic rings. The lowest BCUT2D eigenvalue weighted by molar-refractivity contribution is 0.342. The van der Waals surface area contributed by atoms with Gasteiger partial charge >= 0.3 is 0 Å². The number of hydrogen-bond acceptors (Lipinski definition) is 3. The fourth-order valence-electron chi connectivity index (χ4n) is 2.05. The molecule has 1 aliphatic carbocycles. The minimum atomic E-state index is -3.62. The fourth-order valence-corrected chi connectivity index (χ4v) is 4.28. The van der Waals surface area contributed by atoms with Crippen molar-refractivity contribution in [2.24, 2.45) is 5.92 Å². The van der Waals surface area contributed by atoms with Crippen molar-refractivity contribution < 1.29 is 8.42 Å². The second kappa shape index (κ2) is 5.72. The minimum Gasteiger partial charge on any atom is -0.207 e. The van der Waals surface area contributed by atoms with Crippen LogP contribution < -0.4 is 0 Å². The number of nitriles is 1. The van der Waals surface area contributed by atoms with E-state index in [2.05, 4.69) is 0 Å². The lowest BCUT2D eigenvalue weighted by atomic mass is 10.2. The number of sulfonamides is 1. The average Bonchev–Trinajstić information content (AvgIpc) is 3.18. The van der Waals surface area contributed by atoms with Crippen molar-refractivity contribution >= 4 is 21.6 Å². The van der Waals surface area contributed by atoms with E-state index in [0.717, 1.165) is 12.8 Å². The van der Waals surface area contributed by atoms with Crippen LogP contribution in [0.5, 0.6) is 0 Å². The summed E-state index contributed by atoms with van der Waals surface area (Å²) in [6.07, 6.45) is 2.17. The molecular formula is C14H17ClN2O2S. The van der Waals surface area contributed by atoms with E-state index in [1.165, 1.54) is 22.5 Å². The third kappa shape index (κ3) is 3.14. The Morgan fingerprint density at radius 1 is 1.45 bits per heavy atom. The number of benzene rings is 1. The van der Waals surface area contributed by atoms with E-state index in [0.29, 0.717) is 18.0 Å². The molecular weight excluding hydrogens is 296 g/mol. The van der Waals surface area contributed by atoms with Gasteiger partial charge in [-0.15, -0.1) is 0 Å². The molecule has 0 amide bonds. The highest BCUT2D eigenvalue weighted by Gasteiger charge is 2.34. The van der Waals surface area contributed by atoms with Gasteiger partial charge in [0.15, 0.2) is 0 Å². The van der Waals surface area contributed by atoms with Crippen LogP contribution in [0.2, 0.25) is 5.02 Å². The van der Waals surface area contributed by atoms with Crippen molar-refractivity contribution in [2.75, 3.05) is 6.54 Å². The molecule has 0 bridgehead atoms.